The van der Waals surface area contributed by atoms with Gasteiger partial charge in [-0.3, -0.25) is 4.99 Å². The molecular weight excluding hydrogens is 214 g/mol. The first kappa shape index (κ1) is 7.74. The van der Waals surface area contributed by atoms with E-state index >= 15 is 0 Å². The fraction of sp³-hybridized carbons (Fsp3) is 0.100. The van der Waals surface area contributed by atoms with Crippen LogP contribution in [0, 0.1) is 0 Å². The van der Waals surface area contributed by atoms with E-state index in [-0.39, 0.29) is 0 Å². The van der Waals surface area contributed by atoms with Gasteiger partial charge in [-0.15, -0.1) is 0 Å². The van der Waals surface area contributed by atoms with Crippen LogP contribution >= 0.6 is 15.9 Å². The Morgan fingerprint density at radius 2 is 2.33 bits per heavy atom. The lowest BCUT2D eigenvalue weighted by Gasteiger charge is -1.95. The second kappa shape index (κ2) is 2.87. The third-order valence-corrected chi connectivity index (χ3v) is 2.41. The third kappa shape index (κ3) is 1.23. The molecule has 0 amide bonds. The molecule has 2 heteroatoms. The summed E-state index contributed by atoms with van der Waals surface area (Å²) in [5.74, 6) is 0. The zero-order valence-electron chi connectivity index (χ0n) is 6.55. The van der Waals surface area contributed by atoms with Gasteiger partial charge < -0.3 is 0 Å². The van der Waals surface area contributed by atoms with Gasteiger partial charge in [0.05, 0.1) is 5.69 Å². The molecule has 0 saturated carbocycles. The molecule has 0 saturated heterocycles. The quantitative estimate of drug-likeness (QED) is 0.691. The maximum atomic E-state index is 4.39. The van der Waals surface area contributed by atoms with Crippen molar-refractivity contribution >= 4 is 27.3 Å². The molecule has 60 valence electrons. The number of allylic oxidation sites excluding steroid dienone is 1. The van der Waals surface area contributed by atoms with E-state index in [1.54, 1.807) is 0 Å². The molecule has 1 aliphatic heterocycles. The first-order chi connectivity index (χ1) is 5.79. The van der Waals surface area contributed by atoms with E-state index in [1.165, 1.54) is 5.56 Å². The Bertz CT molecular complexity index is 366. The minimum absolute atomic E-state index is 0.915. The highest BCUT2D eigenvalue weighted by atomic mass is 79.9. The molecule has 1 aliphatic rings. The van der Waals surface area contributed by atoms with Gasteiger partial charge in [0.2, 0.25) is 0 Å². The monoisotopic (exact) mass is 221 g/mol. The predicted molar refractivity (Wildman–Crippen MR) is 55.1 cm³/mol. The van der Waals surface area contributed by atoms with Crippen LogP contribution in [0.1, 0.15) is 5.56 Å². The van der Waals surface area contributed by atoms with Crippen LogP contribution in [0.25, 0.3) is 0 Å². The molecule has 1 heterocycles. The zero-order chi connectivity index (χ0) is 8.55. The normalized spacial score (nSPS) is 13.9. The van der Waals surface area contributed by atoms with Gasteiger partial charge in [0.15, 0.2) is 0 Å². The molecule has 1 nitrogen and oxygen atoms in total. The molecule has 0 spiro atoms. The summed E-state index contributed by atoms with van der Waals surface area (Å²) >= 11 is 3.43. The molecule has 0 bridgehead atoms. The number of halogens is 1. The zero-order valence-corrected chi connectivity index (χ0v) is 8.13. The highest BCUT2D eigenvalue weighted by molar-refractivity contribution is 9.10. The summed E-state index contributed by atoms with van der Waals surface area (Å²) in [5, 5.41) is 0. The topological polar surface area (TPSA) is 12.4 Å². The first-order valence-corrected chi connectivity index (χ1v) is 4.57. The maximum Gasteiger partial charge on any atom is 0.0669 e. The van der Waals surface area contributed by atoms with Crippen LogP contribution in [0.5, 0.6) is 0 Å². The number of aliphatic imine (C=N–C) groups is 1. The molecule has 0 atom stereocenters. The Hall–Kier alpha value is -0.890. The van der Waals surface area contributed by atoms with E-state index in [2.05, 4.69) is 33.6 Å². The predicted octanol–water partition coefficient (Wildman–Crippen LogP) is 3.26. The van der Waals surface area contributed by atoms with Crippen molar-refractivity contribution in [2.75, 3.05) is 0 Å². The number of hydrogen-bond acceptors (Lipinski definition) is 1. The standard InChI is InChI=1S/C10H8BrN/c1-2-9-6-7-5-8(11)3-4-10(7)12-9/h2-5H,1,6H2. The summed E-state index contributed by atoms with van der Waals surface area (Å²) in [5.41, 5.74) is 3.41. The Morgan fingerprint density at radius 3 is 3.08 bits per heavy atom. The van der Waals surface area contributed by atoms with Crippen molar-refractivity contribution in [1.82, 2.24) is 0 Å². The van der Waals surface area contributed by atoms with E-state index in [4.69, 9.17) is 0 Å². The molecule has 0 radical (unpaired) electrons. The van der Waals surface area contributed by atoms with E-state index in [0.29, 0.717) is 0 Å². The smallest absolute Gasteiger partial charge is 0.0669 e. The van der Waals surface area contributed by atoms with Gasteiger partial charge in [0.1, 0.15) is 0 Å². The van der Waals surface area contributed by atoms with Gasteiger partial charge in [0, 0.05) is 16.6 Å². The largest absolute Gasteiger partial charge is 0.253 e. The summed E-state index contributed by atoms with van der Waals surface area (Å²) in [6.07, 6.45) is 2.73. The highest BCUT2D eigenvalue weighted by Gasteiger charge is 2.11. The van der Waals surface area contributed by atoms with Crippen molar-refractivity contribution in [3.63, 3.8) is 0 Å². The Kier molecular flexibility index (Phi) is 1.85. The Balaban J connectivity index is 2.46. The summed E-state index contributed by atoms with van der Waals surface area (Å²) in [4.78, 5) is 4.39. The number of fused-ring (bicyclic) bond motifs is 1. The minimum Gasteiger partial charge on any atom is -0.253 e. The highest BCUT2D eigenvalue weighted by Crippen LogP contribution is 2.29. The molecule has 1 aromatic carbocycles. The molecule has 0 aromatic heterocycles. The fourth-order valence-corrected chi connectivity index (χ4v) is 1.72. The first-order valence-electron chi connectivity index (χ1n) is 3.78. The molecular formula is C10H8BrN. The average molecular weight is 222 g/mol. The van der Waals surface area contributed by atoms with E-state index < -0.39 is 0 Å². The van der Waals surface area contributed by atoms with Crippen molar-refractivity contribution in [1.29, 1.82) is 0 Å². The average Bonchev–Trinajstić information content (AvgIpc) is 2.46. The van der Waals surface area contributed by atoms with E-state index in [1.807, 2.05) is 18.2 Å². The number of benzene rings is 1. The van der Waals surface area contributed by atoms with Crippen molar-refractivity contribution in [2.45, 2.75) is 6.42 Å². The Morgan fingerprint density at radius 1 is 1.50 bits per heavy atom. The molecule has 0 fully saturated rings. The number of rotatable bonds is 1. The van der Waals surface area contributed by atoms with Gasteiger partial charge >= 0.3 is 0 Å². The summed E-state index contributed by atoms with van der Waals surface area (Å²) in [6.45, 7) is 3.71. The third-order valence-electron chi connectivity index (χ3n) is 1.91. The molecule has 0 unspecified atom stereocenters. The van der Waals surface area contributed by atoms with E-state index in [9.17, 15) is 0 Å². The SMILES string of the molecule is C=CC1=Nc2ccc(Br)cc2C1. The van der Waals surface area contributed by atoms with Crippen LogP contribution in [-0.2, 0) is 6.42 Å². The van der Waals surface area contributed by atoms with Gasteiger partial charge in [-0.1, -0.05) is 22.5 Å². The lowest BCUT2D eigenvalue weighted by atomic mass is 10.1. The minimum atomic E-state index is 0.915. The van der Waals surface area contributed by atoms with Crippen molar-refractivity contribution in [2.24, 2.45) is 4.99 Å². The van der Waals surface area contributed by atoms with Gasteiger partial charge in [0.25, 0.3) is 0 Å². The molecule has 0 aliphatic carbocycles. The molecule has 0 N–H and O–H groups in total. The van der Waals surface area contributed by atoms with Gasteiger partial charge in [-0.05, 0) is 29.8 Å². The van der Waals surface area contributed by atoms with Crippen LogP contribution in [0.2, 0.25) is 0 Å². The lowest BCUT2D eigenvalue weighted by molar-refractivity contribution is 1.39. The number of hydrogen-bond donors (Lipinski definition) is 0. The number of nitrogens with zero attached hydrogens (tertiary/aromatic N) is 1. The van der Waals surface area contributed by atoms with E-state index in [0.717, 1.165) is 22.3 Å². The van der Waals surface area contributed by atoms with Crippen LogP contribution in [0.3, 0.4) is 0 Å². The summed E-state index contributed by atoms with van der Waals surface area (Å²) < 4.78 is 1.11. The molecule has 1 aromatic rings. The lowest BCUT2D eigenvalue weighted by Crippen LogP contribution is -1.90. The van der Waals surface area contributed by atoms with Gasteiger partial charge in [-0.25, -0.2) is 0 Å². The molecule has 2 rings (SSSR count). The Labute approximate surface area is 80.0 Å². The van der Waals surface area contributed by atoms with Crippen LogP contribution in [0.15, 0.2) is 40.3 Å². The second-order valence-corrected chi connectivity index (χ2v) is 3.67. The van der Waals surface area contributed by atoms with Crippen molar-refractivity contribution in [3.05, 3.63) is 40.9 Å². The molecule has 12 heavy (non-hydrogen) atoms. The summed E-state index contributed by atoms with van der Waals surface area (Å²) in [6, 6.07) is 6.14. The maximum absolute atomic E-state index is 4.39. The van der Waals surface area contributed by atoms with Crippen LogP contribution < -0.4 is 0 Å². The van der Waals surface area contributed by atoms with Crippen LogP contribution in [-0.4, -0.2) is 5.71 Å². The summed E-state index contributed by atoms with van der Waals surface area (Å²) in [7, 11) is 0. The fourth-order valence-electron chi connectivity index (χ4n) is 1.31. The van der Waals surface area contributed by atoms with Crippen molar-refractivity contribution in [3.8, 4) is 0 Å². The second-order valence-electron chi connectivity index (χ2n) is 2.76. The van der Waals surface area contributed by atoms with Crippen molar-refractivity contribution < 1.29 is 0 Å². The van der Waals surface area contributed by atoms with Crippen LogP contribution in [0.4, 0.5) is 5.69 Å². The van der Waals surface area contributed by atoms with Gasteiger partial charge in [-0.2, -0.15) is 0 Å².